The Morgan fingerprint density at radius 3 is 2.85 bits per heavy atom. The van der Waals surface area contributed by atoms with Gasteiger partial charge in [-0.15, -0.1) is 21.5 Å². The van der Waals surface area contributed by atoms with Crippen molar-refractivity contribution in [3.8, 4) is 6.07 Å². The molecule has 0 saturated heterocycles. The molecule has 1 fully saturated rings. The van der Waals surface area contributed by atoms with E-state index in [0.717, 1.165) is 47.3 Å². The molecule has 0 radical (unpaired) electrons. The zero-order valence-corrected chi connectivity index (χ0v) is 20.6. The van der Waals surface area contributed by atoms with Crippen LogP contribution in [0.2, 0.25) is 0 Å². The van der Waals surface area contributed by atoms with Crippen LogP contribution < -0.4 is 5.32 Å². The number of rotatable bonds is 9. The molecule has 0 spiro atoms. The van der Waals surface area contributed by atoms with Gasteiger partial charge in [0.05, 0.1) is 24.1 Å². The molecule has 4 aromatic rings. The Labute approximate surface area is 205 Å². The van der Waals surface area contributed by atoms with E-state index in [1.54, 1.807) is 17.6 Å². The number of carbonyl (C=O) groups is 1. The first-order valence-corrected chi connectivity index (χ1v) is 12.9. The Hall–Kier alpha value is -3.29. The van der Waals surface area contributed by atoms with Crippen LogP contribution in [-0.2, 0) is 17.8 Å². The van der Waals surface area contributed by atoms with Gasteiger partial charge in [-0.3, -0.25) is 4.79 Å². The summed E-state index contributed by atoms with van der Waals surface area (Å²) in [7, 11) is 0. The summed E-state index contributed by atoms with van der Waals surface area (Å²) in [5.41, 5.74) is 2.24. The molecule has 0 bridgehead atoms. The van der Waals surface area contributed by atoms with Crippen LogP contribution in [0, 0.1) is 25.2 Å². The molecular formula is C24H24N6O2S2. The van der Waals surface area contributed by atoms with Gasteiger partial charge in [0.2, 0.25) is 5.91 Å². The first kappa shape index (κ1) is 22.5. The third kappa shape index (κ3) is 4.54. The zero-order chi connectivity index (χ0) is 23.7. The number of aromatic nitrogens is 4. The van der Waals surface area contributed by atoms with Crippen molar-refractivity contribution in [2.45, 2.75) is 50.9 Å². The molecule has 8 nitrogen and oxygen atoms in total. The number of hydrogen-bond donors (Lipinski definition) is 1. The molecule has 34 heavy (non-hydrogen) atoms. The van der Waals surface area contributed by atoms with Gasteiger partial charge in [-0.1, -0.05) is 17.8 Å². The maximum absolute atomic E-state index is 13.0. The lowest BCUT2D eigenvalue weighted by Crippen LogP contribution is -2.19. The minimum absolute atomic E-state index is 0.179. The van der Waals surface area contributed by atoms with Gasteiger partial charge in [0.25, 0.3) is 0 Å². The van der Waals surface area contributed by atoms with Crippen LogP contribution in [0.15, 0.2) is 45.5 Å². The van der Waals surface area contributed by atoms with Crippen molar-refractivity contribution in [3.05, 3.63) is 69.2 Å². The highest BCUT2D eigenvalue weighted by Gasteiger charge is 2.30. The molecule has 4 heterocycles. The summed E-state index contributed by atoms with van der Waals surface area (Å²) in [6.45, 7) is 4.27. The second-order valence-corrected chi connectivity index (χ2v) is 10.3. The number of furan rings is 1. The third-order valence-corrected chi connectivity index (χ3v) is 7.80. The lowest BCUT2D eigenvalue weighted by atomic mass is 10.2. The van der Waals surface area contributed by atoms with Crippen molar-refractivity contribution in [2.75, 3.05) is 11.1 Å². The van der Waals surface area contributed by atoms with E-state index < -0.39 is 0 Å². The lowest BCUT2D eigenvalue weighted by Gasteiger charge is -2.12. The number of nitrogens with one attached hydrogen (secondary N) is 1. The number of thioether (sulfide) groups is 1. The van der Waals surface area contributed by atoms with Crippen molar-refractivity contribution in [3.63, 3.8) is 0 Å². The number of nitrogens with zero attached hydrogens (tertiary/aromatic N) is 5. The Balaban J connectivity index is 1.31. The fourth-order valence-corrected chi connectivity index (χ4v) is 5.51. The van der Waals surface area contributed by atoms with Gasteiger partial charge in [0, 0.05) is 23.0 Å². The van der Waals surface area contributed by atoms with Gasteiger partial charge < -0.3 is 18.9 Å². The molecule has 174 valence electrons. The second-order valence-electron chi connectivity index (χ2n) is 8.30. The van der Waals surface area contributed by atoms with E-state index in [0.29, 0.717) is 24.0 Å². The molecule has 1 saturated carbocycles. The molecule has 10 heteroatoms. The molecule has 0 aliphatic heterocycles. The van der Waals surface area contributed by atoms with Gasteiger partial charge in [-0.05, 0) is 55.8 Å². The van der Waals surface area contributed by atoms with Crippen LogP contribution in [0.3, 0.4) is 0 Å². The van der Waals surface area contributed by atoms with Crippen LogP contribution >= 0.6 is 23.1 Å². The quantitative estimate of drug-likeness (QED) is 0.333. The molecule has 1 N–H and O–H groups in total. The highest BCUT2D eigenvalue weighted by molar-refractivity contribution is 7.99. The summed E-state index contributed by atoms with van der Waals surface area (Å²) >= 11 is 3.09. The average molecular weight is 493 g/mol. The molecule has 1 aliphatic carbocycles. The van der Waals surface area contributed by atoms with E-state index in [1.807, 2.05) is 36.6 Å². The van der Waals surface area contributed by atoms with Crippen LogP contribution in [0.1, 0.15) is 52.2 Å². The number of carbonyl (C=O) groups excluding carboxylic acids is 1. The van der Waals surface area contributed by atoms with Crippen LogP contribution in [0.4, 0.5) is 5.82 Å². The SMILES string of the molecule is Cc1c(C#N)c(NC(=O)CSc2nnc(Cc3cccs3)n2C2CC2)n(Cc2ccco2)c1C. The largest absolute Gasteiger partial charge is 0.467 e. The first-order chi connectivity index (χ1) is 16.5. The number of nitriles is 1. The number of thiophene rings is 1. The summed E-state index contributed by atoms with van der Waals surface area (Å²) in [4.78, 5) is 14.2. The van der Waals surface area contributed by atoms with Crippen molar-refractivity contribution in [1.29, 1.82) is 5.26 Å². The summed E-state index contributed by atoms with van der Waals surface area (Å²) < 4.78 is 9.59. The predicted molar refractivity (Wildman–Crippen MR) is 131 cm³/mol. The highest BCUT2D eigenvalue weighted by Crippen LogP contribution is 2.39. The van der Waals surface area contributed by atoms with Gasteiger partial charge >= 0.3 is 0 Å². The topological polar surface area (TPSA) is 102 Å². The van der Waals surface area contributed by atoms with E-state index in [-0.39, 0.29) is 11.7 Å². The summed E-state index contributed by atoms with van der Waals surface area (Å²) in [5, 5.41) is 24.3. The molecular weight excluding hydrogens is 468 g/mol. The first-order valence-electron chi connectivity index (χ1n) is 11.1. The molecule has 0 atom stereocenters. The van der Waals surface area contributed by atoms with Gasteiger partial charge in [0.15, 0.2) is 5.16 Å². The van der Waals surface area contributed by atoms with Gasteiger partial charge in [-0.25, -0.2) is 0 Å². The summed E-state index contributed by atoms with van der Waals surface area (Å²) in [6, 6.07) is 10.5. The average Bonchev–Trinajstić information content (AvgIpc) is 3.18. The molecule has 1 amide bonds. The van der Waals surface area contributed by atoms with Crippen molar-refractivity contribution in [2.24, 2.45) is 0 Å². The second kappa shape index (κ2) is 9.52. The minimum atomic E-state index is -0.190. The maximum atomic E-state index is 13.0. The summed E-state index contributed by atoms with van der Waals surface area (Å²) in [6.07, 6.45) is 4.58. The van der Waals surface area contributed by atoms with E-state index in [2.05, 4.69) is 37.6 Å². The fourth-order valence-electron chi connectivity index (χ4n) is 3.98. The maximum Gasteiger partial charge on any atom is 0.235 e. The monoisotopic (exact) mass is 492 g/mol. The lowest BCUT2D eigenvalue weighted by molar-refractivity contribution is -0.113. The molecule has 1 aliphatic rings. The normalized spacial score (nSPS) is 13.2. The number of amides is 1. The molecule has 5 rings (SSSR count). The van der Waals surface area contributed by atoms with Gasteiger partial charge in [0.1, 0.15) is 23.5 Å². The number of hydrogen-bond acceptors (Lipinski definition) is 7. The van der Waals surface area contributed by atoms with E-state index in [4.69, 9.17) is 4.42 Å². The third-order valence-electron chi connectivity index (χ3n) is 5.98. The zero-order valence-electron chi connectivity index (χ0n) is 18.9. The Kier molecular flexibility index (Phi) is 6.30. The van der Waals surface area contributed by atoms with E-state index in [1.165, 1.54) is 16.6 Å². The Bertz CT molecular complexity index is 1340. The fraction of sp³-hybridized carbons (Fsp3) is 0.333. The van der Waals surface area contributed by atoms with Crippen molar-refractivity contribution >= 4 is 34.8 Å². The standard InChI is InChI=1S/C24H24N6O2S2/c1-15-16(2)29(13-18-5-3-9-32-18)23(20(15)12-25)26-22(31)14-34-24-28-27-21(30(24)17-7-8-17)11-19-6-4-10-33-19/h3-6,9-10,17H,7-8,11,13-14H2,1-2H3,(H,26,31). The minimum Gasteiger partial charge on any atom is -0.467 e. The summed E-state index contributed by atoms with van der Waals surface area (Å²) in [5.74, 6) is 2.19. The van der Waals surface area contributed by atoms with Crippen molar-refractivity contribution < 1.29 is 9.21 Å². The predicted octanol–water partition coefficient (Wildman–Crippen LogP) is 4.93. The van der Waals surface area contributed by atoms with Crippen LogP contribution in [0.5, 0.6) is 0 Å². The van der Waals surface area contributed by atoms with Crippen LogP contribution in [0.25, 0.3) is 0 Å². The molecule has 0 aromatic carbocycles. The van der Waals surface area contributed by atoms with Gasteiger partial charge in [-0.2, -0.15) is 5.26 Å². The molecule has 0 unspecified atom stereocenters. The molecule has 4 aromatic heterocycles. The number of anilines is 1. The smallest absolute Gasteiger partial charge is 0.235 e. The van der Waals surface area contributed by atoms with E-state index in [9.17, 15) is 10.1 Å². The van der Waals surface area contributed by atoms with Crippen LogP contribution in [-0.4, -0.2) is 31.0 Å². The Morgan fingerprint density at radius 2 is 2.18 bits per heavy atom. The van der Waals surface area contributed by atoms with Crippen molar-refractivity contribution in [1.82, 2.24) is 19.3 Å². The van der Waals surface area contributed by atoms with E-state index >= 15 is 0 Å². The highest BCUT2D eigenvalue weighted by atomic mass is 32.2. The Morgan fingerprint density at radius 1 is 1.32 bits per heavy atom.